The van der Waals surface area contributed by atoms with Gasteiger partial charge >= 0.3 is 5.97 Å². The zero-order valence-electron chi connectivity index (χ0n) is 11.0. The van der Waals surface area contributed by atoms with Gasteiger partial charge in [0.1, 0.15) is 5.82 Å². The number of hydrogen-bond donors (Lipinski definition) is 3. The van der Waals surface area contributed by atoms with Crippen LogP contribution < -0.4 is 11.1 Å². The van der Waals surface area contributed by atoms with Crippen LogP contribution in [0.5, 0.6) is 0 Å². The zero-order valence-corrected chi connectivity index (χ0v) is 11.0. The van der Waals surface area contributed by atoms with Crippen LogP contribution >= 0.6 is 0 Å². The molecule has 1 aromatic heterocycles. The number of hydrogen-bond acceptors (Lipinski definition) is 4. The number of esters is 1. The molecule has 0 unspecified atom stereocenters. The van der Waals surface area contributed by atoms with E-state index in [-0.39, 0.29) is 28.9 Å². The third-order valence-electron chi connectivity index (χ3n) is 3.48. The Kier molecular flexibility index (Phi) is 4.09. The van der Waals surface area contributed by atoms with Crippen LogP contribution in [0.2, 0.25) is 0 Å². The van der Waals surface area contributed by atoms with Gasteiger partial charge in [-0.3, -0.25) is 4.79 Å². The highest BCUT2D eigenvalue weighted by molar-refractivity contribution is 6.08. The maximum atomic E-state index is 12.2. The molecular weight excluding hydrogens is 246 g/mol. The molecule has 6 heteroatoms. The average molecular weight is 265 g/mol. The first-order valence-corrected chi connectivity index (χ1v) is 6.49. The first-order chi connectivity index (χ1) is 9.13. The Hall–Kier alpha value is -1.98. The minimum absolute atomic E-state index is 0.168. The van der Waals surface area contributed by atoms with Crippen LogP contribution in [0.25, 0.3) is 0 Å². The molecule has 19 heavy (non-hydrogen) atoms. The summed E-state index contributed by atoms with van der Waals surface area (Å²) in [6, 6.07) is 0.168. The van der Waals surface area contributed by atoms with Gasteiger partial charge in [0.2, 0.25) is 0 Å². The molecule has 0 aromatic carbocycles. The lowest BCUT2D eigenvalue weighted by atomic mass is 9.95. The molecule has 1 aromatic rings. The summed E-state index contributed by atoms with van der Waals surface area (Å²) in [4.78, 5) is 26.5. The van der Waals surface area contributed by atoms with E-state index in [1.807, 2.05) is 0 Å². The van der Waals surface area contributed by atoms with Crippen LogP contribution in [0.1, 0.15) is 52.8 Å². The first-order valence-electron chi connectivity index (χ1n) is 6.49. The van der Waals surface area contributed by atoms with Crippen molar-refractivity contribution in [3.05, 3.63) is 17.3 Å². The van der Waals surface area contributed by atoms with Crippen LogP contribution in [0.15, 0.2) is 6.20 Å². The van der Waals surface area contributed by atoms with Gasteiger partial charge in [-0.05, 0) is 12.8 Å². The summed E-state index contributed by atoms with van der Waals surface area (Å²) in [5.74, 6) is -0.693. The van der Waals surface area contributed by atoms with Gasteiger partial charge in [0.05, 0.1) is 18.2 Å². The highest BCUT2D eigenvalue weighted by atomic mass is 16.5. The van der Waals surface area contributed by atoms with E-state index in [1.165, 1.54) is 19.7 Å². The van der Waals surface area contributed by atoms with E-state index in [9.17, 15) is 9.59 Å². The Morgan fingerprint density at radius 3 is 2.68 bits per heavy atom. The van der Waals surface area contributed by atoms with E-state index in [0.717, 1.165) is 25.7 Å². The van der Waals surface area contributed by atoms with Gasteiger partial charge in [0, 0.05) is 12.2 Å². The van der Waals surface area contributed by atoms with E-state index in [4.69, 9.17) is 5.73 Å². The molecular formula is C13H19N3O3. The van der Waals surface area contributed by atoms with E-state index in [2.05, 4.69) is 15.0 Å². The predicted molar refractivity (Wildman–Crippen MR) is 70.9 cm³/mol. The highest BCUT2D eigenvalue weighted by Crippen LogP contribution is 2.21. The van der Waals surface area contributed by atoms with Crippen molar-refractivity contribution in [2.24, 2.45) is 0 Å². The van der Waals surface area contributed by atoms with Crippen molar-refractivity contribution in [3.8, 4) is 0 Å². The third-order valence-corrected chi connectivity index (χ3v) is 3.48. The molecule has 0 aliphatic heterocycles. The summed E-state index contributed by atoms with van der Waals surface area (Å²) in [6.45, 7) is 0. The molecule has 4 N–H and O–H groups in total. The number of H-pyrrole nitrogens is 1. The Labute approximate surface area is 111 Å². The topological polar surface area (TPSA) is 97.2 Å². The van der Waals surface area contributed by atoms with Gasteiger partial charge in [0.25, 0.3) is 5.91 Å². The van der Waals surface area contributed by atoms with Gasteiger partial charge in [-0.15, -0.1) is 0 Å². The SMILES string of the molecule is COC(=O)c1c[nH]c(N)c1C(=O)NC1CCCCC1. The number of nitrogen functional groups attached to an aromatic ring is 1. The van der Waals surface area contributed by atoms with Crippen LogP contribution in [0.3, 0.4) is 0 Å². The number of amides is 1. The minimum Gasteiger partial charge on any atom is -0.465 e. The maximum absolute atomic E-state index is 12.2. The van der Waals surface area contributed by atoms with Crippen molar-refractivity contribution < 1.29 is 14.3 Å². The number of carbonyl (C=O) groups is 2. The second kappa shape index (κ2) is 5.77. The van der Waals surface area contributed by atoms with Crippen LogP contribution in [-0.2, 0) is 4.74 Å². The second-order valence-electron chi connectivity index (χ2n) is 4.79. The van der Waals surface area contributed by atoms with Crippen LogP contribution in [0, 0.1) is 0 Å². The van der Waals surface area contributed by atoms with Gasteiger partial charge in [0.15, 0.2) is 0 Å². The molecule has 1 saturated carbocycles. The normalized spacial score (nSPS) is 16.1. The van der Waals surface area contributed by atoms with Crippen LogP contribution in [-0.4, -0.2) is 30.0 Å². The summed E-state index contributed by atoms with van der Waals surface area (Å²) in [6.07, 6.45) is 6.81. The third kappa shape index (κ3) is 2.89. The second-order valence-corrected chi connectivity index (χ2v) is 4.79. The van der Waals surface area contributed by atoms with Crippen molar-refractivity contribution in [1.29, 1.82) is 0 Å². The Bertz CT molecular complexity index is 475. The van der Waals surface area contributed by atoms with Crippen molar-refractivity contribution in [1.82, 2.24) is 10.3 Å². The van der Waals surface area contributed by atoms with Gasteiger partial charge < -0.3 is 20.8 Å². The number of nitrogens with two attached hydrogens (primary N) is 1. The molecule has 0 saturated heterocycles. The van der Waals surface area contributed by atoms with Crippen molar-refractivity contribution in [2.75, 3.05) is 12.8 Å². The molecule has 0 atom stereocenters. The number of anilines is 1. The molecule has 2 rings (SSSR count). The highest BCUT2D eigenvalue weighted by Gasteiger charge is 2.25. The monoisotopic (exact) mass is 265 g/mol. The number of carbonyl (C=O) groups excluding carboxylic acids is 2. The van der Waals surface area contributed by atoms with Crippen molar-refractivity contribution in [3.63, 3.8) is 0 Å². The van der Waals surface area contributed by atoms with E-state index < -0.39 is 5.97 Å². The summed E-state index contributed by atoms with van der Waals surface area (Å²) in [5, 5.41) is 2.93. The fourth-order valence-corrected chi connectivity index (χ4v) is 2.46. The summed E-state index contributed by atoms with van der Waals surface area (Å²) in [7, 11) is 1.27. The number of nitrogens with one attached hydrogen (secondary N) is 2. The van der Waals surface area contributed by atoms with E-state index in [0.29, 0.717) is 0 Å². The molecule has 1 amide bonds. The summed E-state index contributed by atoms with van der Waals surface area (Å²) < 4.78 is 4.64. The van der Waals surface area contributed by atoms with E-state index in [1.54, 1.807) is 0 Å². The fraction of sp³-hybridized carbons (Fsp3) is 0.538. The lowest BCUT2D eigenvalue weighted by Crippen LogP contribution is -2.37. The standard InChI is InChI=1S/C13H19N3O3/c1-19-13(18)9-7-15-11(14)10(9)12(17)16-8-5-3-2-4-6-8/h7-8,15H,2-6,14H2,1H3,(H,16,17). The molecule has 0 spiro atoms. The Balaban J connectivity index is 2.13. The van der Waals surface area contributed by atoms with Gasteiger partial charge in [-0.1, -0.05) is 19.3 Å². The summed E-state index contributed by atoms with van der Waals surface area (Å²) in [5.41, 5.74) is 6.07. The zero-order chi connectivity index (χ0) is 13.8. The Morgan fingerprint density at radius 1 is 1.37 bits per heavy atom. The quantitative estimate of drug-likeness (QED) is 0.720. The molecule has 1 heterocycles. The van der Waals surface area contributed by atoms with Gasteiger partial charge in [-0.25, -0.2) is 4.79 Å². The van der Waals surface area contributed by atoms with Gasteiger partial charge in [-0.2, -0.15) is 0 Å². The number of aromatic nitrogens is 1. The smallest absolute Gasteiger partial charge is 0.340 e. The molecule has 1 aliphatic carbocycles. The number of aromatic amines is 1. The molecule has 104 valence electrons. The number of ether oxygens (including phenoxy) is 1. The minimum atomic E-state index is -0.568. The molecule has 0 bridgehead atoms. The molecule has 1 fully saturated rings. The molecule has 6 nitrogen and oxygen atoms in total. The van der Waals surface area contributed by atoms with Crippen molar-refractivity contribution in [2.45, 2.75) is 38.1 Å². The largest absolute Gasteiger partial charge is 0.465 e. The average Bonchev–Trinajstić information content (AvgIpc) is 2.81. The number of methoxy groups -OCH3 is 1. The first kappa shape index (κ1) is 13.5. The molecule has 1 aliphatic rings. The predicted octanol–water partition coefficient (Wildman–Crippen LogP) is 1.45. The maximum Gasteiger partial charge on any atom is 0.340 e. The lowest BCUT2D eigenvalue weighted by Gasteiger charge is -2.22. The number of rotatable bonds is 3. The van der Waals surface area contributed by atoms with Crippen LogP contribution in [0.4, 0.5) is 5.82 Å². The lowest BCUT2D eigenvalue weighted by molar-refractivity contribution is 0.0596. The Morgan fingerprint density at radius 2 is 2.05 bits per heavy atom. The van der Waals surface area contributed by atoms with E-state index >= 15 is 0 Å². The summed E-state index contributed by atoms with van der Waals surface area (Å²) >= 11 is 0. The fourth-order valence-electron chi connectivity index (χ4n) is 2.46. The molecule has 0 radical (unpaired) electrons. The van der Waals surface area contributed by atoms with Crippen molar-refractivity contribution >= 4 is 17.7 Å².